The highest BCUT2D eigenvalue weighted by atomic mass is 79.9. The Morgan fingerprint density at radius 3 is 2.88 bits per heavy atom. The van der Waals surface area contributed by atoms with Gasteiger partial charge in [0.2, 0.25) is 5.91 Å². The predicted molar refractivity (Wildman–Crippen MR) is 101 cm³/mol. The highest BCUT2D eigenvalue weighted by Crippen LogP contribution is 2.42. The highest BCUT2D eigenvalue weighted by Gasteiger charge is 2.32. The van der Waals surface area contributed by atoms with Gasteiger partial charge in [-0.05, 0) is 30.3 Å². The van der Waals surface area contributed by atoms with Gasteiger partial charge in [0.15, 0.2) is 0 Å². The van der Waals surface area contributed by atoms with Crippen LogP contribution in [-0.2, 0) is 20.9 Å². The molecule has 0 aliphatic carbocycles. The van der Waals surface area contributed by atoms with Gasteiger partial charge < -0.3 is 15.4 Å². The summed E-state index contributed by atoms with van der Waals surface area (Å²) in [6, 6.07) is 10.8. The van der Waals surface area contributed by atoms with Crippen LogP contribution in [0, 0.1) is 0 Å². The van der Waals surface area contributed by atoms with Gasteiger partial charge in [-0.25, -0.2) is 0 Å². The quantitative estimate of drug-likeness (QED) is 0.571. The molecule has 2 aliphatic rings. The Morgan fingerprint density at radius 1 is 1.24 bits per heavy atom. The second kappa shape index (κ2) is 6.20. The number of alkyl halides is 1. The summed E-state index contributed by atoms with van der Waals surface area (Å²) in [6.07, 6.45) is 0. The van der Waals surface area contributed by atoms with E-state index in [0.717, 1.165) is 16.7 Å². The summed E-state index contributed by atoms with van der Waals surface area (Å²) in [5, 5.41) is 6.37. The molecule has 2 aromatic rings. The lowest BCUT2D eigenvalue weighted by Gasteiger charge is -2.08. The molecule has 2 aromatic carbocycles. The number of fused-ring (bicyclic) bond motifs is 2. The number of hydrogen-bond donors (Lipinski definition) is 2. The third-order valence-electron chi connectivity index (χ3n) is 4.08. The lowest BCUT2D eigenvalue weighted by Crippen LogP contribution is -2.12. The third-order valence-corrected chi connectivity index (χ3v) is 4.83. The van der Waals surface area contributed by atoms with Crippen molar-refractivity contribution in [2.75, 3.05) is 16.0 Å². The normalized spacial score (nSPS) is 17.6. The van der Waals surface area contributed by atoms with E-state index in [9.17, 15) is 9.59 Å². The number of halogens is 2. The van der Waals surface area contributed by atoms with Crippen molar-refractivity contribution in [2.45, 2.75) is 6.61 Å². The molecule has 0 saturated heterocycles. The topological polar surface area (TPSA) is 67.4 Å². The zero-order valence-corrected chi connectivity index (χ0v) is 15.2. The summed E-state index contributed by atoms with van der Waals surface area (Å²) in [5.41, 5.74) is 4.29. The molecule has 4 rings (SSSR count). The van der Waals surface area contributed by atoms with Crippen LogP contribution in [0.5, 0.6) is 0 Å². The second-order valence-corrected chi connectivity index (χ2v) is 6.69. The van der Waals surface area contributed by atoms with Crippen LogP contribution in [0.4, 0.5) is 11.4 Å². The van der Waals surface area contributed by atoms with Crippen LogP contribution in [0.3, 0.4) is 0 Å². The largest absolute Gasteiger partial charge is 0.487 e. The standard InChI is InChI=1S/C18H12BrClN2O3/c19-7-15(23)21-11-3-1-9-8-25-17(12(9)6-11)16-13-5-10(20)2-4-14(13)22-18(16)24/h1-6H,7-8H2,(H,21,23)(H,22,24)/b17-16+. The van der Waals surface area contributed by atoms with Gasteiger partial charge in [-0.2, -0.15) is 0 Å². The summed E-state index contributed by atoms with van der Waals surface area (Å²) in [5.74, 6) is 0.127. The molecule has 2 N–H and O–H groups in total. The lowest BCUT2D eigenvalue weighted by atomic mass is 10.00. The van der Waals surface area contributed by atoms with Crippen molar-refractivity contribution in [2.24, 2.45) is 0 Å². The lowest BCUT2D eigenvalue weighted by molar-refractivity contribution is -0.113. The molecule has 0 unspecified atom stereocenters. The molecule has 5 nitrogen and oxygen atoms in total. The number of anilines is 2. The molecule has 2 heterocycles. The van der Waals surface area contributed by atoms with Crippen LogP contribution in [0.2, 0.25) is 5.02 Å². The Morgan fingerprint density at radius 2 is 2.08 bits per heavy atom. The molecule has 7 heteroatoms. The summed E-state index contributed by atoms with van der Waals surface area (Å²) in [7, 11) is 0. The van der Waals surface area contributed by atoms with Crippen LogP contribution in [-0.4, -0.2) is 17.1 Å². The monoisotopic (exact) mass is 418 g/mol. The van der Waals surface area contributed by atoms with Gasteiger partial charge in [0.05, 0.1) is 10.9 Å². The zero-order chi connectivity index (χ0) is 17.6. The Labute approximate surface area is 157 Å². The van der Waals surface area contributed by atoms with E-state index in [1.54, 1.807) is 18.2 Å². The fraction of sp³-hybridized carbons (Fsp3) is 0.111. The number of benzene rings is 2. The maximum atomic E-state index is 12.5. The van der Waals surface area contributed by atoms with Crippen LogP contribution in [0.1, 0.15) is 16.7 Å². The van der Waals surface area contributed by atoms with Gasteiger partial charge in [-0.3, -0.25) is 9.59 Å². The first kappa shape index (κ1) is 16.2. The number of ether oxygens (including phenoxy) is 1. The minimum absolute atomic E-state index is 0.149. The average Bonchev–Trinajstić information content (AvgIpc) is 3.14. The summed E-state index contributed by atoms with van der Waals surface area (Å²) in [4.78, 5) is 24.1. The molecule has 0 aromatic heterocycles. The molecule has 0 fully saturated rings. The number of nitrogens with one attached hydrogen (secondary N) is 2. The van der Waals surface area contributed by atoms with Crippen molar-refractivity contribution in [1.82, 2.24) is 0 Å². The predicted octanol–water partition coefficient (Wildman–Crippen LogP) is 4.02. The number of amides is 2. The van der Waals surface area contributed by atoms with Crippen LogP contribution in [0.15, 0.2) is 36.4 Å². The molecule has 0 atom stereocenters. The maximum absolute atomic E-state index is 12.5. The highest BCUT2D eigenvalue weighted by molar-refractivity contribution is 9.09. The zero-order valence-electron chi connectivity index (χ0n) is 12.9. The second-order valence-electron chi connectivity index (χ2n) is 5.69. The first-order valence-corrected chi connectivity index (χ1v) is 9.04. The van der Waals surface area contributed by atoms with E-state index >= 15 is 0 Å². The summed E-state index contributed by atoms with van der Waals surface area (Å²) in [6.45, 7) is 0.379. The van der Waals surface area contributed by atoms with Crippen molar-refractivity contribution in [1.29, 1.82) is 0 Å². The molecule has 0 bridgehead atoms. The van der Waals surface area contributed by atoms with Crippen LogP contribution in [0.25, 0.3) is 11.3 Å². The van der Waals surface area contributed by atoms with E-state index in [-0.39, 0.29) is 17.1 Å². The molecule has 0 spiro atoms. The van der Waals surface area contributed by atoms with Gasteiger partial charge in [0, 0.05) is 33.1 Å². The number of carbonyl (C=O) groups excluding carboxylic acids is 2. The van der Waals surface area contributed by atoms with Gasteiger partial charge in [-0.1, -0.05) is 33.6 Å². The van der Waals surface area contributed by atoms with E-state index in [1.165, 1.54) is 0 Å². The molecule has 2 aliphatic heterocycles. The van der Waals surface area contributed by atoms with Crippen LogP contribution < -0.4 is 10.6 Å². The average molecular weight is 420 g/mol. The van der Waals surface area contributed by atoms with Gasteiger partial charge >= 0.3 is 0 Å². The van der Waals surface area contributed by atoms with E-state index in [0.29, 0.717) is 34.3 Å². The van der Waals surface area contributed by atoms with E-state index < -0.39 is 0 Å². The Hall–Kier alpha value is -2.31. The molecule has 126 valence electrons. The Bertz CT molecular complexity index is 955. The number of carbonyl (C=O) groups is 2. The van der Waals surface area contributed by atoms with Gasteiger partial charge in [-0.15, -0.1) is 0 Å². The van der Waals surface area contributed by atoms with Gasteiger partial charge in [0.1, 0.15) is 12.4 Å². The molecular weight excluding hydrogens is 408 g/mol. The molecular formula is C18H12BrClN2O3. The van der Waals surface area contributed by atoms with E-state index in [1.807, 2.05) is 18.2 Å². The fourth-order valence-electron chi connectivity index (χ4n) is 2.99. The van der Waals surface area contributed by atoms with Gasteiger partial charge in [0.25, 0.3) is 5.91 Å². The Kier molecular flexibility index (Phi) is 4.01. The fourth-order valence-corrected chi connectivity index (χ4v) is 3.30. The molecule has 2 amide bonds. The summed E-state index contributed by atoms with van der Waals surface area (Å²) < 4.78 is 5.81. The van der Waals surface area contributed by atoms with Crippen molar-refractivity contribution < 1.29 is 14.3 Å². The first-order valence-electron chi connectivity index (χ1n) is 7.54. The van der Waals surface area contributed by atoms with Crippen molar-refractivity contribution in [3.63, 3.8) is 0 Å². The minimum Gasteiger partial charge on any atom is -0.487 e. The maximum Gasteiger partial charge on any atom is 0.260 e. The SMILES string of the molecule is O=C(CBr)Nc1ccc2c(c1)/C(=C1\C(=O)Nc3ccc(Cl)cc31)OC2. The number of rotatable bonds is 2. The summed E-state index contributed by atoms with van der Waals surface area (Å²) >= 11 is 9.21. The number of hydrogen-bond acceptors (Lipinski definition) is 3. The minimum atomic E-state index is -0.227. The smallest absolute Gasteiger partial charge is 0.260 e. The third kappa shape index (κ3) is 2.81. The molecule has 0 saturated carbocycles. The molecule has 0 radical (unpaired) electrons. The molecule has 25 heavy (non-hydrogen) atoms. The first-order chi connectivity index (χ1) is 12.1. The van der Waals surface area contributed by atoms with Crippen LogP contribution >= 0.6 is 27.5 Å². The van der Waals surface area contributed by atoms with Crippen molar-refractivity contribution >= 4 is 62.1 Å². The Balaban J connectivity index is 1.84. The van der Waals surface area contributed by atoms with E-state index in [4.69, 9.17) is 16.3 Å². The van der Waals surface area contributed by atoms with E-state index in [2.05, 4.69) is 26.6 Å². The van der Waals surface area contributed by atoms with Crippen molar-refractivity contribution in [3.05, 3.63) is 58.1 Å². The van der Waals surface area contributed by atoms with Crippen molar-refractivity contribution in [3.8, 4) is 0 Å².